The van der Waals surface area contributed by atoms with Gasteiger partial charge in [-0.1, -0.05) is 0 Å². The van der Waals surface area contributed by atoms with Gasteiger partial charge in [0, 0.05) is 18.6 Å². The largest absolute Gasteiger partial charge is 0.481 e. The van der Waals surface area contributed by atoms with Crippen molar-refractivity contribution in [2.75, 3.05) is 5.75 Å². The predicted molar refractivity (Wildman–Crippen MR) is 88.6 cm³/mol. The van der Waals surface area contributed by atoms with E-state index in [1.54, 1.807) is 0 Å². The van der Waals surface area contributed by atoms with Crippen molar-refractivity contribution in [1.82, 2.24) is 10.6 Å². The van der Waals surface area contributed by atoms with E-state index in [1.807, 2.05) is 0 Å². The molecule has 0 fully saturated rings. The van der Waals surface area contributed by atoms with Gasteiger partial charge in [-0.25, -0.2) is 4.79 Å². The van der Waals surface area contributed by atoms with Crippen molar-refractivity contribution in [3.05, 3.63) is 0 Å². The molecule has 8 N–H and O–H groups in total. The molecule has 142 valence electrons. The van der Waals surface area contributed by atoms with E-state index >= 15 is 0 Å². The average Bonchev–Trinajstić information content (AvgIpc) is 2.52. The van der Waals surface area contributed by atoms with E-state index in [4.69, 9.17) is 21.7 Å². The molecule has 0 aromatic heterocycles. The summed E-state index contributed by atoms with van der Waals surface area (Å²) in [7, 11) is 0. The minimum atomic E-state index is -1.36. The molecule has 0 saturated carbocycles. The highest BCUT2D eigenvalue weighted by Crippen LogP contribution is 2.01. The van der Waals surface area contributed by atoms with Gasteiger partial charge in [-0.3, -0.25) is 19.2 Å². The van der Waals surface area contributed by atoms with Crippen molar-refractivity contribution in [1.29, 1.82) is 0 Å². The molecule has 0 spiro atoms. The van der Waals surface area contributed by atoms with E-state index in [0.717, 1.165) is 0 Å². The molecule has 0 rings (SSSR count). The van der Waals surface area contributed by atoms with E-state index in [2.05, 4.69) is 23.3 Å². The molecule has 25 heavy (non-hydrogen) atoms. The number of nitrogens with one attached hydrogen (secondary N) is 2. The van der Waals surface area contributed by atoms with Gasteiger partial charge < -0.3 is 32.3 Å². The third-order valence-electron chi connectivity index (χ3n) is 3.12. The first-order chi connectivity index (χ1) is 11.6. The summed E-state index contributed by atoms with van der Waals surface area (Å²) in [5.41, 5.74) is 10.5. The van der Waals surface area contributed by atoms with Gasteiger partial charge in [-0.05, 0) is 12.8 Å². The molecule has 3 amide bonds. The van der Waals surface area contributed by atoms with Crippen LogP contribution in [0, 0.1) is 0 Å². The summed E-state index contributed by atoms with van der Waals surface area (Å²) in [6.07, 6.45) is -0.893. The normalized spacial score (nSPS) is 14.0. The van der Waals surface area contributed by atoms with Gasteiger partial charge in [-0.15, -0.1) is 0 Å². The molecular weight excluding hydrogens is 356 g/mol. The predicted octanol–water partition coefficient (Wildman–Crippen LogP) is -2.57. The maximum atomic E-state index is 12.1. The van der Waals surface area contributed by atoms with Crippen LogP contribution in [0.25, 0.3) is 0 Å². The maximum absolute atomic E-state index is 12.1. The Morgan fingerprint density at radius 2 is 1.48 bits per heavy atom. The number of carbonyl (C=O) groups is 5. The minimum Gasteiger partial charge on any atom is -0.481 e. The Morgan fingerprint density at radius 3 is 1.92 bits per heavy atom. The Labute approximate surface area is 148 Å². The molecule has 11 nitrogen and oxygen atoms in total. The Kier molecular flexibility index (Phi) is 10.2. The SMILES string of the molecule is NC(=O)CC[C@H](NC(=O)[C@H](CS)NC(=O)[C@@H](N)CCC(=O)O)C(=O)O. The molecule has 0 heterocycles. The summed E-state index contributed by atoms with van der Waals surface area (Å²) in [5.74, 6) is -4.94. The van der Waals surface area contributed by atoms with Crippen molar-refractivity contribution in [3.63, 3.8) is 0 Å². The van der Waals surface area contributed by atoms with E-state index in [0.29, 0.717) is 0 Å². The van der Waals surface area contributed by atoms with Crippen LogP contribution in [0.15, 0.2) is 0 Å². The van der Waals surface area contributed by atoms with Gasteiger partial charge in [0.05, 0.1) is 6.04 Å². The van der Waals surface area contributed by atoms with Crippen LogP contribution < -0.4 is 22.1 Å². The zero-order valence-electron chi connectivity index (χ0n) is 13.3. The zero-order valence-corrected chi connectivity index (χ0v) is 14.2. The fourth-order valence-corrected chi connectivity index (χ4v) is 1.96. The monoisotopic (exact) mass is 378 g/mol. The molecular formula is C13H22N4O7S. The fraction of sp³-hybridized carbons (Fsp3) is 0.615. The first kappa shape index (κ1) is 22.7. The summed E-state index contributed by atoms with van der Waals surface area (Å²) < 4.78 is 0. The summed E-state index contributed by atoms with van der Waals surface area (Å²) in [4.78, 5) is 56.2. The molecule has 0 aliphatic heterocycles. The second kappa shape index (κ2) is 11.3. The van der Waals surface area contributed by atoms with Gasteiger partial charge in [0.15, 0.2) is 0 Å². The summed E-state index contributed by atoms with van der Waals surface area (Å²) in [6, 6.07) is -3.68. The number of rotatable bonds is 12. The van der Waals surface area contributed by atoms with Crippen molar-refractivity contribution < 1.29 is 34.2 Å². The quantitative estimate of drug-likeness (QED) is 0.179. The Bertz CT molecular complexity index is 529. The summed E-state index contributed by atoms with van der Waals surface area (Å²) in [5, 5.41) is 22.0. The lowest BCUT2D eigenvalue weighted by molar-refractivity contribution is -0.142. The van der Waals surface area contributed by atoms with Crippen LogP contribution in [0.4, 0.5) is 0 Å². The van der Waals surface area contributed by atoms with Crippen molar-refractivity contribution in [2.24, 2.45) is 11.5 Å². The number of carbonyl (C=O) groups excluding carboxylic acids is 3. The molecule has 0 unspecified atom stereocenters. The second-order valence-electron chi connectivity index (χ2n) is 5.19. The molecule has 0 saturated heterocycles. The number of hydrogen-bond acceptors (Lipinski definition) is 7. The number of amides is 3. The van der Waals surface area contributed by atoms with Crippen molar-refractivity contribution >= 4 is 42.3 Å². The Morgan fingerprint density at radius 1 is 0.920 bits per heavy atom. The lowest BCUT2D eigenvalue weighted by Gasteiger charge is -2.21. The third kappa shape index (κ3) is 9.52. The molecule has 0 radical (unpaired) electrons. The molecule has 0 bridgehead atoms. The Hall–Kier alpha value is -2.34. The van der Waals surface area contributed by atoms with Crippen LogP contribution in [0.3, 0.4) is 0 Å². The zero-order chi connectivity index (χ0) is 19.6. The number of carboxylic acids is 2. The number of primary amides is 1. The van der Waals surface area contributed by atoms with Crippen LogP contribution in [-0.4, -0.2) is 63.8 Å². The van der Waals surface area contributed by atoms with E-state index in [1.165, 1.54) is 0 Å². The fourth-order valence-electron chi connectivity index (χ4n) is 1.70. The van der Waals surface area contributed by atoms with Crippen molar-refractivity contribution in [3.8, 4) is 0 Å². The standard InChI is InChI=1S/C13H22N4O7S/c14-6(1-4-10(19)20)11(21)17-8(5-25)12(22)16-7(13(23)24)2-3-9(15)18/h6-8,25H,1-5,14H2,(H2,15,18)(H,16,22)(H,17,21)(H,19,20)(H,23,24)/t6-,7-,8-/m0/s1. The van der Waals surface area contributed by atoms with Gasteiger partial charge in [0.1, 0.15) is 12.1 Å². The van der Waals surface area contributed by atoms with Crippen LogP contribution in [-0.2, 0) is 24.0 Å². The maximum Gasteiger partial charge on any atom is 0.326 e. The van der Waals surface area contributed by atoms with Crippen LogP contribution in [0.1, 0.15) is 25.7 Å². The number of hydrogen-bond donors (Lipinski definition) is 7. The van der Waals surface area contributed by atoms with Gasteiger partial charge in [0.25, 0.3) is 0 Å². The lowest BCUT2D eigenvalue weighted by Crippen LogP contribution is -2.55. The first-order valence-corrected chi connectivity index (χ1v) is 7.91. The molecule has 12 heteroatoms. The van der Waals surface area contributed by atoms with E-state index in [-0.39, 0.29) is 31.4 Å². The van der Waals surface area contributed by atoms with Gasteiger partial charge in [0.2, 0.25) is 17.7 Å². The molecule has 3 atom stereocenters. The smallest absolute Gasteiger partial charge is 0.326 e. The van der Waals surface area contributed by atoms with Crippen LogP contribution in [0.2, 0.25) is 0 Å². The number of aliphatic carboxylic acids is 2. The average molecular weight is 378 g/mol. The summed E-state index contributed by atoms with van der Waals surface area (Å²) in [6.45, 7) is 0. The van der Waals surface area contributed by atoms with E-state index in [9.17, 15) is 24.0 Å². The number of carboxylic acid groups (broad SMARTS) is 2. The molecule has 0 aromatic carbocycles. The number of nitrogens with two attached hydrogens (primary N) is 2. The van der Waals surface area contributed by atoms with Crippen LogP contribution in [0.5, 0.6) is 0 Å². The van der Waals surface area contributed by atoms with Gasteiger partial charge in [-0.2, -0.15) is 12.6 Å². The minimum absolute atomic E-state index is 0.127. The second-order valence-corrected chi connectivity index (χ2v) is 5.55. The van der Waals surface area contributed by atoms with Crippen LogP contribution >= 0.6 is 12.6 Å². The van der Waals surface area contributed by atoms with Crippen molar-refractivity contribution in [2.45, 2.75) is 43.8 Å². The highest BCUT2D eigenvalue weighted by molar-refractivity contribution is 7.80. The van der Waals surface area contributed by atoms with E-state index < -0.39 is 47.8 Å². The third-order valence-corrected chi connectivity index (χ3v) is 3.48. The lowest BCUT2D eigenvalue weighted by atomic mass is 10.1. The highest BCUT2D eigenvalue weighted by atomic mass is 32.1. The summed E-state index contributed by atoms with van der Waals surface area (Å²) >= 11 is 3.91. The highest BCUT2D eigenvalue weighted by Gasteiger charge is 2.27. The van der Waals surface area contributed by atoms with Gasteiger partial charge >= 0.3 is 11.9 Å². The number of thiol groups is 1. The topological polar surface area (TPSA) is 202 Å². The first-order valence-electron chi connectivity index (χ1n) is 7.28. The Balaban J connectivity index is 4.71. The molecule has 0 aliphatic rings. The molecule has 0 aliphatic carbocycles. The molecule has 0 aromatic rings.